The first-order valence-electron chi connectivity index (χ1n) is 11.6. The number of hydrogen-bond donors (Lipinski definition) is 3. The molecule has 1 saturated carbocycles. The number of H-pyrrole nitrogens is 1. The molecular formula is C27H26ClN5O2. The lowest BCUT2D eigenvalue weighted by atomic mass is 9.93. The molecule has 2 unspecified atom stereocenters. The number of nitrogens with zero attached hydrogens (tertiary/aromatic N) is 2. The minimum Gasteiger partial charge on any atom is -0.490 e. The predicted octanol–water partition coefficient (Wildman–Crippen LogP) is 6.20. The van der Waals surface area contributed by atoms with Crippen molar-refractivity contribution in [3.63, 3.8) is 0 Å². The van der Waals surface area contributed by atoms with E-state index in [9.17, 15) is 4.79 Å². The van der Waals surface area contributed by atoms with Crippen molar-refractivity contribution in [2.45, 2.75) is 37.8 Å². The fourth-order valence-corrected chi connectivity index (χ4v) is 4.65. The van der Waals surface area contributed by atoms with E-state index in [2.05, 4.69) is 33.2 Å². The summed E-state index contributed by atoms with van der Waals surface area (Å²) < 4.78 is 6.22. The molecule has 0 radical (unpaired) electrons. The van der Waals surface area contributed by atoms with Gasteiger partial charge in [0.1, 0.15) is 11.9 Å². The molecule has 0 spiro atoms. The third kappa shape index (κ3) is 5.30. The van der Waals surface area contributed by atoms with E-state index in [0.29, 0.717) is 22.4 Å². The number of nitrogens with one attached hydrogen (secondary N) is 3. The SMILES string of the molecule is C=CC(=O)Nc1ccc(OC2CCCC(Nc3ncc(Cl)c(-c4c[nH]c5ccccc45)n3)C2)cc1. The van der Waals surface area contributed by atoms with Crippen molar-refractivity contribution in [3.05, 3.63) is 78.6 Å². The smallest absolute Gasteiger partial charge is 0.247 e. The average molecular weight is 488 g/mol. The zero-order valence-corrected chi connectivity index (χ0v) is 19.9. The Morgan fingerprint density at radius 1 is 1.17 bits per heavy atom. The molecule has 2 atom stereocenters. The second-order valence-corrected chi connectivity index (χ2v) is 9.01. The van der Waals surface area contributed by atoms with E-state index in [4.69, 9.17) is 21.3 Å². The molecule has 0 saturated heterocycles. The van der Waals surface area contributed by atoms with Crippen molar-refractivity contribution in [1.82, 2.24) is 15.0 Å². The average Bonchev–Trinajstić information content (AvgIpc) is 3.30. The van der Waals surface area contributed by atoms with Crippen LogP contribution in [0, 0.1) is 0 Å². The van der Waals surface area contributed by atoms with E-state index in [0.717, 1.165) is 47.9 Å². The van der Waals surface area contributed by atoms with Gasteiger partial charge in [0.2, 0.25) is 11.9 Å². The molecule has 2 aromatic heterocycles. The maximum Gasteiger partial charge on any atom is 0.247 e. The Balaban J connectivity index is 1.25. The van der Waals surface area contributed by atoms with Crippen LogP contribution in [0.25, 0.3) is 22.2 Å². The van der Waals surface area contributed by atoms with Crippen LogP contribution >= 0.6 is 11.6 Å². The number of hydrogen-bond acceptors (Lipinski definition) is 5. The molecule has 5 rings (SSSR count). The lowest BCUT2D eigenvalue weighted by molar-refractivity contribution is -0.111. The standard InChI is InChI=1S/C27H26ClN5O2/c1-2-25(34)31-17-10-12-19(13-11-17)35-20-7-5-6-18(14-20)32-27-30-16-23(28)26(33-27)22-15-29-24-9-4-3-8-21(22)24/h2-4,8-13,15-16,18,20,29H,1,5-7,14H2,(H,31,34)(H,30,32,33). The number of fused-ring (bicyclic) bond motifs is 1. The number of amides is 1. The third-order valence-electron chi connectivity index (χ3n) is 6.16. The second kappa shape index (κ2) is 10.2. The van der Waals surface area contributed by atoms with Crippen LogP contribution in [0.4, 0.5) is 11.6 Å². The Bertz CT molecular complexity index is 1350. The first-order valence-corrected chi connectivity index (χ1v) is 12.0. The zero-order valence-electron chi connectivity index (χ0n) is 19.1. The van der Waals surface area contributed by atoms with Crippen molar-refractivity contribution in [3.8, 4) is 17.0 Å². The third-order valence-corrected chi connectivity index (χ3v) is 6.43. The van der Waals surface area contributed by atoms with Gasteiger partial charge in [0.15, 0.2) is 0 Å². The largest absolute Gasteiger partial charge is 0.490 e. The first-order chi connectivity index (χ1) is 17.1. The van der Waals surface area contributed by atoms with Gasteiger partial charge in [0.05, 0.1) is 16.9 Å². The minimum absolute atomic E-state index is 0.0789. The second-order valence-electron chi connectivity index (χ2n) is 8.60. The quantitative estimate of drug-likeness (QED) is 0.270. The van der Waals surface area contributed by atoms with Crippen LogP contribution < -0.4 is 15.4 Å². The number of ether oxygens (including phenoxy) is 1. The van der Waals surface area contributed by atoms with Gasteiger partial charge in [0, 0.05) is 40.8 Å². The summed E-state index contributed by atoms with van der Waals surface area (Å²) in [5.74, 6) is 1.09. The molecule has 2 heterocycles. The normalized spacial score (nSPS) is 17.6. The number of rotatable bonds is 7. The number of benzene rings is 2. The van der Waals surface area contributed by atoms with Crippen molar-refractivity contribution in [2.75, 3.05) is 10.6 Å². The lowest BCUT2D eigenvalue weighted by Gasteiger charge is -2.30. The van der Waals surface area contributed by atoms with Crippen molar-refractivity contribution in [1.29, 1.82) is 0 Å². The van der Waals surface area contributed by atoms with Crippen LogP contribution in [0.5, 0.6) is 5.75 Å². The molecule has 7 nitrogen and oxygen atoms in total. The summed E-state index contributed by atoms with van der Waals surface area (Å²) in [6.07, 6.45) is 8.78. The van der Waals surface area contributed by atoms with Gasteiger partial charge in [-0.1, -0.05) is 36.4 Å². The van der Waals surface area contributed by atoms with Gasteiger partial charge in [-0.25, -0.2) is 9.97 Å². The Hall–Kier alpha value is -3.84. The highest BCUT2D eigenvalue weighted by molar-refractivity contribution is 6.33. The van der Waals surface area contributed by atoms with Crippen LogP contribution in [0.2, 0.25) is 5.02 Å². The van der Waals surface area contributed by atoms with E-state index in [1.807, 2.05) is 48.7 Å². The summed E-state index contributed by atoms with van der Waals surface area (Å²) in [6.45, 7) is 3.46. The first kappa shape index (κ1) is 22.9. The monoisotopic (exact) mass is 487 g/mol. The lowest BCUT2D eigenvalue weighted by Crippen LogP contribution is -2.33. The predicted molar refractivity (Wildman–Crippen MR) is 140 cm³/mol. The summed E-state index contributed by atoms with van der Waals surface area (Å²) in [6, 6.07) is 15.6. The van der Waals surface area contributed by atoms with Crippen molar-refractivity contribution >= 4 is 40.0 Å². The number of carbonyl (C=O) groups excluding carboxylic acids is 1. The molecule has 1 fully saturated rings. The molecule has 4 aromatic rings. The van der Waals surface area contributed by atoms with E-state index < -0.39 is 0 Å². The van der Waals surface area contributed by atoms with E-state index in [-0.39, 0.29) is 18.1 Å². The van der Waals surface area contributed by atoms with Crippen LogP contribution in [-0.2, 0) is 4.79 Å². The molecule has 1 aliphatic rings. The number of aromatic nitrogens is 3. The van der Waals surface area contributed by atoms with Crippen molar-refractivity contribution < 1.29 is 9.53 Å². The highest BCUT2D eigenvalue weighted by Crippen LogP contribution is 2.33. The topological polar surface area (TPSA) is 91.9 Å². The van der Waals surface area contributed by atoms with E-state index in [1.54, 1.807) is 6.20 Å². The summed E-state index contributed by atoms with van der Waals surface area (Å²) in [5, 5.41) is 7.80. The molecule has 8 heteroatoms. The Kier molecular flexibility index (Phi) is 6.68. The number of carbonyl (C=O) groups is 1. The van der Waals surface area contributed by atoms with Gasteiger partial charge < -0.3 is 20.4 Å². The molecule has 1 aliphatic carbocycles. The van der Waals surface area contributed by atoms with Crippen LogP contribution in [0.15, 0.2) is 73.6 Å². The minimum atomic E-state index is -0.239. The summed E-state index contributed by atoms with van der Waals surface area (Å²) in [7, 11) is 0. The Morgan fingerprint density at radius 2 is 2.00 bits per heavy atom. The maximum absolute atomic E-state index is 11.4. The summed E-state index contributed by atoms with van der Waals surface area (Å²) in [5.41, 5.74) is 3.40. The fraction of sp³-hybridized carbons (Fsp3) is 0.222. The number of aromatic amines is 1. The van der Waals surface area contributed by atoms with E-state index in [1.165, 1.54) is 6.08 Å². The fourth-order valence-electron chi connectivity index (χ4n) is 4.46. The molecule has 0 bridgehead atoms. The Labute approximate surface area is 208 Å². The van der Waals surface area contributed by atoms with Crippen molar-refractivity contribution in [2.24, 2.45) is 0 Å². The highest BCUT2D eigenvalue weighted by atomic mass is 35.5. The molecule has 0 aliphatic heterocycles. The molecule has 178 valence electrons. The van der Waals surface area contributed by atoms with Gasteiger partial charge in [-0.05, 0) is 55.7 Å². The van der Waals surface area contributed by atoms with Gasteiger partial charge >= 0.3 is 0 Å². The van der Waals surface area contributed by atoms with Gasteiger partial charge in [-0.2, -0.15) is 0 Å². The maximum atomic E-state index is 11.4. The van der Waals surface area contributed by atoms with Gasteiger partial charge in [-0.3, -0.25) is 4.79 Å². The molecule has 1 amide bonds. The van der Waals surface area contributed by atoms with Crippen LogP contribution in [0.1, 0.15) is 25.7 Å². The number of anilines is 2. The number of para-hydroxylation sites is 1. The van der Waals surface area contributed by atoms with Crippen LogP contribution in [-0.4, -0.2) is 33.0 Å². The molecular weight excluding hydrogens is 462 g/mol. The number of halogens is 1. The summed E-state index contributed by atoms with van der Waals surface area (Å²) >= 11 is 6.48. The molecule has 2 aromatic carbocycles. The summed E-state index contributed by atoms with van der Waals surface area (Å²) in [4.78, 5) is 23.9. The zero-order chi connectivity index (χ0) is 24.2. The highest BCUT2D eigenvalue weighted by Gasteiger charge is 2.24. The Morgan fingerprint density at radius 3 is 2.83 bits per heavy atom. The van der Waals surface area contributed by atoms with Gasteiger partial charge in [-0.15, -0.1) is 0 Å². The van der Waals surface area contributed by atoms with Gasteiger partial charge in [0.25, 0.3) is 0 Å². The van der Waals surface area contributed by atoms with E-state index >= 15 is 0 Å². The molecule has 3 N–H and O–H groups in total. The molecule has 35 heavy (non-hydrogen) atoms. The van der Waals surface area contributed by atoms with Crippen LogP contribution in [0.3, 0.4) is 0 Å².